The first-order valence-corrected chi connectivity index (χ1v) is 16.6. The molecule has 4 aliphatic heterocycles. The SMILES string of the molecule is O=S(=O)(N[C@H]1CC2=C(c3ccn(C(F)F)n3)[C@H](c3ccc(F)cc3Cl)N=C(c3nccs3)N2C1)N1C2CC[C@H]1CC(F)(F)C2. The number of thiazole rings is 1. The minimum Gasteiger partial charge on any atom is -0.326 e. The van der Waals surface area contributed by atoms with Gasteiger partial charge in [-0.1, -0.05) is 17.7 Å². The molecular formula is C27H25ClF5N7O2S2. The van der Waals surface area contributed by atoms with E-state index in [0.29, 0.717) is 45.2 Å². The quantitative estimate of drug-likeness (QED) is 0.329. The number of nitrogens with zero attached hydrogens (tertiary/aromatic N) is 6. The Morgan fingerprint density at radius 1 is 1.14 bits per heavy atom. The van der Waals surface area contributed by atoms with E-state index in [1.807, 2.05) is 0 Å². The average molecular weight is 674 g/mol. The van der Waals surface area contributed by atoms with Crippen molar-refractivity contribution in [3.63, 3.8) is 0 Å². The number of piperidine rings is 1. The van der Waals surface area contributed by atoms with Gasteiger partial charge in [-0.15, -0.1) is 11.3 Å². The van der Waals surface area contributed by atoms with Crippen molar-refractivity contribution < 1.29 is 30.4 Å². The van der Waals surface area contributed by atoms with Crippen LogP contribution in [0.2, 0.25) is 5.02 Å². The molecule has 2 bridgehead atoms. The van der Waals surface area contributed by atoms with Crippen LogP contribution < -0.4 is 4.72 Å². The molecule has 4 atom stereocenters. The summed E-state index contributed by atoms with van der Waals surface area (Å²) in [7, 11) is -4.17. The molecule has 234 valence electrons. The molecule has 7 rings (SSSR count). The van der Waals surface area contributed by atoms with E-state index in [1.165, 1.54) is 33.8 Å². The van der Waals surface area contributed by atoms with Crippen molar-refractivity contribution in [1.82, 2.24) is 28.7 Å². The monoisotopic (exact) mass is 673 g/mol. The summed E-state index contributed by atoms with van der Waals surface area (Å²) < 4.78 is 101. The van der Waals surface area contributed by atoms with E-state index >= 15 is 0 Å². The topological polar surface area (TPSA) is 95.7 Å². The molecule has 1 N–H and O–H groups in total. The molecule has 0 saturated carbocycles. The van der Waals surface area contributed by atoms with Gasteiger partial charge < -0.3 is 4.90 Å². The van der Waals surface area contributed by atoms with Crippen LogP contribution in [-0.4, -0.2) is 68.8 Å². The minimum atomic E-state index is -4.17. The molecule has 0 aliphatic carbocycles. The fourth-order valence-corrected chi connectivity index (χ4v) is 9.55. The maximum absolute atomic E-state index is 14.2. The van der Waals surface area contributed by atoms with Crippen LogP contribution in [0.3, 0.4) is 0 Å². The van der Waals surface area contributed by atoms with E-state index in [1.54, 1.807) is 16.5 Å². The molecule has 1 aromatic carbocycles. The Hall–Kier alpha value is -2.92. The Morgan fingerprint density at radius 3 is 2.52 bits per heavy atom. The van der Waals surface area contributed by atoms with Gasteiger partial charge in [0, 0.05) is 83.6 Å². The number of hydrogen-bond acceptors (Lipinski definition) is 7. The van der Waals surface area contributed by atoms with Crippen LogP contribution in [0.15, 0.2) is 52.7 Å². The van der Waals surface area contributed by atoms with Crippen molar-refractivity contribution in [1.29, 1.82) is 0 Å². The zero-order valence-electron chi connectivity index (χ0n) is 22.8. The van der Waals surface area contributed by atoms with Crippen molar-refractivity contribution in [3.8, 4) is 0 Å². The Kier molecular flexibility index (Phi) is 7.35. The fraction of sp³-hybridized carbons (Fsp3) is 0.444. The predicted molar refractivity (Wildman–Crippen MR) is 153 cm³/mol. The number of nitrogens with one attached hydrogen (secondary N) is 1. The summed E-state index contributed by atoms with van der Waals surface area (Å²) >= 11 is 7.78. The average Bonchev–Trinajstić information content (AvgIpc) is 3.74. The molecule has 0 spiro atoms. The second-order valence-electron chi connectivity index (χ2n) is 11.3. The smallest absolute Gasteiger partial charge is 0.326 e. The van der Waals surface area contributed by atoms with Gasteiger partial charge >= 0.3 is 6.55 Å². The lowest BCUT2D eigenvalue weighted by Gasteiger charge is -2.38. The van der Waals surface area contributed by atoms with Crippen LogP contribution in [0, 0.1) is 5.82 Å². The largest absolute Gasteiger partial charge is 0.333 e. The summed E-state index contributed by atoms with van der Waals surface area (Å²) in [6.45, 7) is -2.80. The van der Waals surface area contributed by atoms with Gasteiger partial charge in [0.15, 0.2) is 10.8 Å². The molecular weight excluding hydrogens is 649 g/mol. The number of alkyl halides is 4. The molecule has 0 amide bonds. The lowest BCUT2D eigenvalue weighted by atomic mass is 9.92. The van der Waals surface area contributed by atoms with E-state index in [2.05, 4.69) is 14.8 Å². The molecule has 0 radical (unpaired) electrons. The third kappa shape index (κ3) is 5.23. The summed E-state index contributed by atoms with van der Waals surface area (Å²) in [6.07, 6.45) is 2.49. The third-order valence-corrected chi connectivity index (χ3v) is 11.3. The molecule has 3 fully saturated rings. The third-order valence-electron chi connectivity index (χ3n) is 8.44. The Morgan fingerprint density at radius 2 is 1.89 bits per heavy atom. The number of aliphatic imine (C=N–C) groups is 1. The van der Waals surface area contributed by atoms with Gasteiger partial charge in [-0.25, -0.2) is 22.8 Å². The highest BCUT2D eigenvalue weighted by molar-refractivity contribution is 7.87. The van der Waals surface area contributed by atoms with Crippen molar-refractivity contribution in [3.05, 3.63) is 74.8 Å². The van der Waals surface area contributed by atoms with Gasteiger partial charge in [-0.05, 0) is 31.0 Å². The van der Waals surface area contributed by atoms with E-state index < -0.39 is 65.5 Å². The zero-order valence-corrected chi connectivity index (χ0v) is 25.1. The Labute approximate surface area is 258 Å². The Bertz CT molecular complexity index is 1750. The van der Waals surface area contributed by atoms with Gasteiger partial charge in [-0.3, -0.25) is 4.99 Å². The lowest BCUT2D eigenvalue weighted by molar-refractivity contribution is -0.0634. The summed E-state index contributed by atoms with van der Waals surface area (Å²) in [5, 5.41) is 6.41. The van der Waals surface area contributed by atoms with Crippen molar-refractivity contribution in [2.75, 3.05) is 6.54 Å². The van der Waals surface area contributed by atoms with Crippen LogP contribution in [-0.2, 0) is 10.2 Å². The standard InChI is InChI=1S/C27H25ClF5N7O2S2/c28-19-9-14(29)1-4-18(19)23-22(20-5-7-39(36-20)26(30)31)21-10-15(13-38(21)24(35-23)25-34-6-8-43-25)37-44(41,42)40-16-2-3-17(40)12-27(32,33)11-16/h1,4-9,15-17,23,26,37H,2-3,10-13H2/t15-,16-,17?,23-/m0/s1. The van der Waals surface area contributed by atoms with Gasteiger partial charge in [0.05, 0.1) is 5.69 Å². The fourth-order valence-electron chi connectivity index (χ4n) is 6.79. The number of halogens is 6. The summed E-state index contributed by atoms with van der Waals surface area (Å²) in [4.78, 5) is 11.1. The number of aromatic nitrogens is 3. The molecule has 9 nitrogen and oxygen atoms in total. The molecule has 44 heavy (non-hydrogen) atoms. The van der Waals surface area contributed by atoms with Crippen molar-refractivity contribution in [2.45, 2.75) is 68.7 Å². The van der Waals surface area contributed by atoms with Crippen LogP contribution in [0.4, 0.5) is 22.0 Å². The van der Waals surface area contributed by atoms with Gasteiger partial charge in [-0.2, -0.15) is 31.3 Å². The first-order chi connectivity index (χ1) is 20.9. The van der Waals surface area contributed by atoms with Gasteiger partial charge in [0.1, 0.15) is 11.9 Å². The summed E-state index contributed by atoms with van der Waals surface area (Å²) in [5.74, 6) is -3.09. The van der Waals surface area contributed by atoms with E-state index in [-0.39, 0.29) is 23.7 Å². The highest BCUT2D eigenvalue weighted by atomic mass is 35.5. The van der Waals surface area contributed by atoms with Crippen LogP contribution in [0.5, 0.6) is 0 Å². The Balaban J connectivity index is 1.31. The highest BCUT2D eigenvalue weighted by Gasteiger charge is 2.54. The first kappa shape index (κ1) is 29.8. The van der Waals surface area contributed by atoms with Crippen LogP contribution >= 0.6 is 22.9 Å². The van der Waals surface area contributed by atoms with E-state index in [9.17, 15) is 30.4 Å². The molecule has 4 aliphatic rings. The normalized spacial score (nSPS) is 26.9. The molecule has 3 aromatic rings. The molecule has 2 aromatic heterocycles. The van der Waals surface area contributed by atoms with Gasteiger partial charge in [0.2, 0.25) is 0 Å². The van der Waals surface area contributed by atoms with Gasteiger partial charge in [0.25, 0.3) is 16.1 Å². The molecule has 17 heteroatoms. The molecule has 1 unspecified atom stereocenters. The number of hydrogen-bond donors (Lipinski definition) is 1. The highest BCUT2D eigenvalue weighted by Crippen LogP contribution is 2.48. The first-order valence-electron chi connectivity index (χ1n) is 13.9. The maximum atomic E-state index is 14.2. The van der Waals surface area contributed by atoms with Crippen molar-refractivity contribution in [2.24, 2.45) is 4.99 Å². The zero-order chi connectivity index (χ0) is 31.0. The maximum Gasteiger partial charge on any atom is 0.333 e. The van der Waals surface area contributed by atoms with Crippen molar-refractivity contribution >= 4 is 44.6 Å². The number of rotatable bonds is 7. The second kappa shape index (κ2) is 10.9. The van der Waals surface area contributed by atoms with Crippen LogP contribution in [0.25, 0.3) is 5.57 Å². The summed E-state index contributed by atoms with van der Waals surface area (Å²) in [5.41, 5.74) is 1.51. The molecule has 6 heterocycles. The lowest BCUT2D eigenvalue weighted by Crippen LogP contribution is -2.55. The number of amidine groups is 1. The van der Waals surface area contributed by atoms with Crippen LogP contribution in [0.1, 0.15) is 61.0 Å². The predicted octanol–water partition coefficient (Wildman–Crippen LogP) is 5.61. The van der Waals surface area contributed by atoms with E-state index in [0.717, 1.165) is 12.3 Å². The van der Waals surface area contributed by atoms with E-state index in [4.69, 9.17) is 16.6 Å². The second-order valence-corrected chi connectivity index (χ2v) is 14.2. The summed E-state index contributed by atoms with van der Waals surface area (Å²) in [6, 6.07) is 1.98. The number of fused-ring (bicyclic) bond motifs is 3. The molecule has 3 saturated heterocycles. The minimum absolute atomic E-state index is 0.0599. The number of benzene rings is 1.